The third kappa shape index (κ3) is 7.12. The van der Waals surface area contributed by atoms with Gasteiger partial charge in [-0.3, -0.25) is 9.59 Å². The monoisotopic (exact) mass is 475 g/mol. The molecular formula is C26H22ClN3O4. The molecule has 3 aromatic carbocycles. The largest absolute Gasteiger partial charge is 0.495 e. The summed E-state index contributed by atoms with van der Waals surface area (Å²) in [5.74, 6) is 0.207. The van der Waals surface area contributed by atoms with Crippen LogP contribution in [0.2, 0.25) is 5.02 Å². The van der Waals surface area contributed by atoms with E-state index in [0.717, 1.165) is 5.56 Å². The molecule has 0 atom stereocenters. The average Bonchev–Trinajstić information content (AvgIpc) is 2.86. The third-order valence-corrected chi connectivity index (χ3v) is 4.93. The van der Waals surface area contributed by atoms with E-state index in [1.54, 1.807) is 66.7 Å². The van der Waals surface area contributed by atoms with Gasteiger partial charge in [-0.25, -0.2) is 0 Å². The minimum Gasteiger partial charge on any atom is -0.495 e. The summed E-state index contributed by atoms with van der Waals surface area (Å²) < 4.78 is 10.7. The Labute approximate surface area is 202 Å². The lowest BCUT2D eigenvalue weighted by Gasteiger charge is -2.10. The molecule has 0 saturated heterocycles. The van der Waals surface area contributed by atoms with Crippen LogP contribution >= 0.6 is 11.6 Å². The standard InChI is InChI=1S/C26H22ClN3O4/c1-33-24-5-3-2-4-23(24)30-25(31)17-34-22-12-8-18(9-13-22)14-20(15-28)26(32)29-16-19-6-10-21(27)11-7-19/h2-14H,16-17H2,1H3,(H,29,32)(H,30,31)/b20-14+. The quantitative estimate of drug-likeness (QED) is 0.348. The summed E-state index contributed by atoms with van der Waals surface area (Å²) in [5.41, 5.74) is 2.03. The second kappa shape index (κ2) is 12.1. The SMILES string of the molecule is COc1ccccc1NC(=O)COc1ccc(/C=C(\C#N)C(=O)NCc2ccc(Cl)cc2)cc1. The maximum Gasteiger partial charge on any atom is 0.262 e. The van der Waals surface area contributed by atoms with Crippen LogP contribution in [-0.2, 0) is 16.1 Å². The van der Waals surface area contributed by atoms with Crippen LogP contribution < -0.4 is 20.1 Å². The molecule has 2 N–H and O–H groups in total. The van der Waals surface area contributed by atoms with E-state index in [2.05, 4.69) is 10.6 Å². The molecule has 0 aliphatic rings. The van der Waals surface area contributed by atoms with Gasteiger partial charge in [0, 0.05) is 11.6 Å². The van der Waals surface area contributed by atoms with Gasteiger partial charge in [-0.15, -0.1) is 0 Å². The lowest BCUT2D eigenvalue weighted by molar-refractivity contribution is -0.118. The number of nitrogens with zero attached hydrogens (tertiary/aromatic N) is 1. The summed E-state index contributed by atoms with van der Waals surface area (Å²) in [5, 5.41) is 15.4. The smallest absolute Gasteiger partial charge is 0.262 e. The minimum atomic E-state index is -0.481. The number of hydrogen-bond donors (Lipinski definition) is 2. The number of nitrogens with one attached hydrogen (secondary N) is 2. The number of para-hydroxylation sites is 2. The molecule has 172 valence electrons. The minimum absolute atomic E-state index is 0.0289. The Balaban J connectivity index is 1.53. The second-order valence-electron chi connectivity index (χ2n) is 7.09. The Bertz CT molecular complexity index is 1220. The van der Waals surface area contributed by atoms with Gasteiger partial charge >= 0.3 is 0 Å². The summed E-state index contributed by atoms with van der Waals surface area (Å²) in [4.78, 5) is 24.5. The van der Waals surface area contributed by atoms with E-state index < -0.39 is 5.91 Å². The third-order valence-electron chi connectivity index (χ3n) is 4.67. The van der Waals surface area contributed by atoms with Gasteiger partial charge < -0.3 is 20.1 Å². The van der Waals surface area contributed by atoms with Crippen molar-refractivity contribution in [3.05, 3.63) is 94.5 Å². The van der Waals surface area contributed by atoms with E-state index in [0.29, 0.717) is 27.8 Å². The fourth-order valence-corrected chi connectivity index (χ4v) is 3.06. The first-order valence-electron chi connectivity index (χ1n) is 10.3. The summed E-state index contributed by atoms with van der Waals surface area (Å²) in [6, 6.07) is 22.8. The first-order chi connectivity index (χ1) is 16.5. The number of carbonyl (C=O) groups is 2. The van der Waals surface area contributed by atoms with Crippen LogP contribution in [0.5, 0.6) is 11.5 Å². The van der Waals surface area contributed by atoms with Gasteiger partial charge in [-0.1, -0.05) is 48.0 Å². The van der Waals surface area contributed by atoms with E-state index in [-0.39, 0.29) is 24.6 Å². The zero-order chi connectivity index (χ0) is 24.3. The van der Waals surface area contributed by atoms with E-state index in [4.69, 9.17) is 21.1 Å². The molecule has 0 bridgehead atoms. The molecule has 3 rings (SSSR count). The molecule has 0 saturated carbocycles. The molecule has 0 aliphatic heterocycles. The highest BCUT2D eigenvalue weighted by Gasteiger charge is 2.10. The first-order valence-corrected chi connectivity index (χ1v) is 10.7. The van der Waals surface area contributed by atoms with Crippen molar-refractivity contribution in [2.24, 2.45) is 0 Å². The fraction of sp³-hybridized carbons (Fsp3) is 0.115. The highest BCUT2D eigenvalue weighted by Crippen LogP contribution is 2.23. The number of ether oxygens (including phenoxy) is 2. The van der Waals surface area contributed by atoms with Crippen LogP contribution in [0, 0.1) is 11.3 Å². The van der Waals surface area contributed by atoms with Gasteiger partial charge in [0.15, 0.2) is 6.61 Å². The number of halogens is 1. The molecule has 0 spiro atoms. The predicted molar refractivity (Wildman–Crippen MR) is 130 cm³/mol. The average molecular weight is 476 g/mol. The highest BCUT2D eigenvalue weighted by atomic mass is 35.5. The van der Waals surface area contributed by atoms with Crippen molar-refractivity contribution in [3.63, 3.8) is 0 Å². The molecule has 0 radical (unpaired) electrons. The Morgan fingerprint density at radius 2 is 1.74 bits per heavy atom. The van der Waals surface area contributed by atoms with Crippen LogP contribution in [0.25, 0.3) is 6.08 Å². The number of hydrogen-bond acceptors (Lipinski definition) is 5. The Morgan fingerprint density at radius 1 is 1.03 bits per heavy atom. The molecule has 2 amide bonds. The van der Waals surface area contributed by atoms with E-state index in [1.807, 2.05) is 12.1 Å². The molecule has 0 aromatic heterocycles. The van der Waals surface area contributed by atoms with Gasteiger partial charge in [0.05, 0.1) is 12.8 Å². The van der Waals surface area contributed by atoms with Crippen molar-refractivity contribution in [3.8, 4) is 17.6 Å². The van der Waals surface area contributed by atoms with Crippen molar-refractivity contribution in [2.45, 2.75) is 6.54 Å². The maximum atomic E-state index is 12.4. The molecule has 34 heavy (non-hydrogen) atoms. The molecule has 0 fully saturated rings. The van der Waals surface area contributed by atoms with Crippen molar-refractivity contribution in [2.75, 3.05) is 19.0 Å². The van der Waals surface area contributed by atoms with Crippen LogP contribution in [0.3, 0.4) is 0 Å². The molecular weight excluding hydrogens is 454 g/mol. The molecule has 8 heteroatoms. The van der Waals surface area contributed by atoms with Crippen molar-refractivity contribution in [1.29, 1.82) is 5.26 Å². The predicted octanol–water partition coefficient (Wildman–Crippen LogP) is 4.59. The van der Waals surface area contributed by atoms with Crippen LogP contribution in [0.15, 0.2) is 78.4 Å². The summed E-state index contributed by atoms with van der Waals surface area (Å²) in [6.07, 6.45) is 1.48. The zero-order valence-corrected chi connectivity index (χ0v) is 19.1. The molecule has 0 unspecified atom stereocenters. The van der Waals surface area contributed by atoms with Crippen molar-refractivity contribution >= 4 is 35.2 Å². The molecule has 3 aromatic rings. The normalized spacial score (nSPS) is 10.7. The summed E-state index contributed by atoms with van der Waals surface area (Å²) in [6.45, 7) is 0.0858. The summed E-state index contributed by atoms with van der Waals surface area (Å²) in [7, 11) is 1.53. The van der Waals surface area contributed by atoms with E-state index in [9.17, 15) is 14.9 Å². The number of anilines is 1. The lowest BCUT2D eigenvalue weighted by Crippen LogP contribution is -2.23. The fourth-order valence-electron chi connectivity index (χ4n) is 2.94. The Hall–Kier alpha value is -4.28. The molecule has 0 heterocycles. The first kappa shape index (κ1) is 24.4. The lowest BCUT2D eigenvalue weighted by atomic mass is 10.1. The molecule has 7 nitrogen and oxygen atoms in total. The van der Waals surface area contributed by atoms with Gasteiger partial charge in [0.1, 0.15) is 23.1 Å². The van der Waals surface area contributed by atoms with Gasteiger partial charge in [0.25, 0.3) is 11.8 Å². The maximum absolute atomic E-state index is 12.4. The summed E-state index contributed by atoms with van der Waals surface area (Å²) >= 11 is 5.86. The number of amides is 2. The van der Waals surface area contributed by atoms with Gasteiger partial charge in [0.2, 0.25) is 0 Å². The number of methoxy groups -OCH3 is 1. The number of benzene rings is 3. The second-order valence-corrected chi connectivity index (χ2v) is 7.52. The highest BCUT2D eigenvalue weighted by molar-refractivity contribution is 6.30. The molecule has 0 aliphatic carbocycles. The van der Waals surface area contributed by atoms with E-state index >= 15 is 0 Å². The van der Waals surface area contributed by atoms with Crippen molar-refractivity contribution in [1.82, 2.24) is 5.32 Å². The zero-order valence-electron chi connectivity index (χ0n) is 18.4. The Kier molecular flexibility index (Phi) is 8.67. The van der Waals surface area contributed by atoms with Gasteiger partial charge in [-0.05, 0) is 53.6 Å². The van der Waals surface area contributed by atoms with Crippen LogP contribution in [0.1, 0.15) is 11.1 Å². The van der Waals surface area contributed by atoms with Gasteiger partial charge in [-0.2, -0.15) is 5.26 Å². The number of rotatable bonds is 9. The number of carbonyl (C=O) groups excluding carboxylic acids is 2. The van der Waals surface area contributed by atoms with E-state index in [1.165, 1.54) is 13.2 Å². The van der Waals surface area contributed by atoms with Crippen molar-refractivity contribution < 1.29 is 19.1 Å². The van der Waals surface area contributed by atoms with Crippen LogP contribution in [0.4, 0.5) is 5.69 Å². The van der Waals surface area contributed by atoms with Crippen LogP contribution in [-0.4, -0.2) is 25.5 Å². The Morgan fingerprint density at radius 3 is 2.41 bits per heavy atom. The number of nitriles is 1. The topological polar surface area (TPSA) is 100 Å².